The van der Waals surface area contributed by atoms with Crippen LogP contribution in [0.5, 0.6) is 5.75 Å². The Balaban J connectivity index is 1.62. The average Bonchev–Trinajstić information content (AvgIpc) is 3.12. The minimum atomic E-state index is -0.161. The van der Waals surface area contributed by atoms with Gasteiger partial charge in [-0.05, 0) is 39.1 Å². The normalized spacial score (nSPS) is 17.5. The highest BCUT2D eigenvalue weighted by Crippen LogP contribution is 2.30. The highest BCUT2D eigenvalue weighted by molar-refractivity contribution is 5.74. The lowest BCUT2D eigenvalue weighted by molar-refractivity contribution is 0.226. The van der Waals surface area contributed by atoms with Crippen molar-refractivity contribution >= 4 is 6.03 Å². The molecule has 1 aliphatic rings. The predicted molar refractivity (Wildman–Crippen MR) is 100 cm³/mol. The van der Waals surface area contributed by atoms with E-state index in [4.69, 9.17) is 9.15 Å². The molecule has 3 rings (SSSR count). The van der Waals surface area contributed by atoms with E-state index in [9.17, 15) is 4.79 Å². The summed E-state index contributed by atoms with van der Waals surface area (Å²) in [6.07, 6.45) is 4.60. The number of aryl methyl sites for hydroxylation is 1. The van der Waals surface area contributed by atoms with Crippen molar-refractivity contribution in [2.45, 2.75) is 31.3 Å². The Morgan fingerprint density at radius 1 is 1.35 bits per heavy atom. The lowest BCUT2D eigenvalue weighted by Gasteiger charge is -2.27. The van der Waals surface area contributed by atoms with E-state index in [2.05, 4.69) is 15.5 Å². The smallest absolute Gasteiger partial charge is 0.315 e. The summed E-state index contributed by atoms with van der Waals surface area (Å²) in [6, 6.07) is 9.73. The molecule has 1 aromatic heterocycles. The Kier molecular flexibility index (Phi) is 5.83. The first kappa shape index (κ1) is 18.3. The number of hydrogen-bond donors (Lipinski definition) is 2. The Bertz CT molecular complexity index is 741. The van der Waals surface area contributed by atoms with Crippen LogP contribution in [0.25, 0.3) is 0 Å². The molecule has 0 spiro atoms. The van der Waals surface area contributed by atoms with Crippen LogP contribution in [0.15, 0.2) is 41.0 Å². The maximum atomic E-state index is 12.5. The van der Waals surface area contributed by atoms with Gasteiger partial charge in [0.25, 0.3) is 0 Å². The quantitative estimate of drug-likeness (QED) is 0.833. The number of fused-ring (bicyclic) bond motifs is 1. The molecule has 2 aromatic rings. The van der Waals surface area contributed by atoms with E-state index < -0.39 is 0 Å². The zero-order chi connectivity index (χ0) is 18.5. The second kappa shape index (κ2) is 8.27. The number of furan rings is 1. The van der Waals surface area contributed by atoms with Gasteiger partial charge >= 0.3 is 6.03 Å². The van der Waals surface area contributed by atoms with Gasteiger partial charge in [0.05, 0.1) is 25.5 Å². The van der Waals surface area contributed by atoms with Crippen LogP contribution in [0.2, 0.25) is 0 Å². The molecule has 6 heteroatoms. The van der Waals surface area contributed by atoms with E-state index in [1.807, 2.05) is 44.4 Å². The second-order valence-corrected chi connectivity index (χ2v) is 6.82. The minimum absolute atomic E-state index is 0.0153. The zero-order valence-electron chi connectivity index (χ0n) is 15.6. The number of rotatable bonds is 6. The number of benzene rings is 1. The Hall–Kier alpha value is -2.47. The van der Waals surface area contributed by atoms with E-state index in [1.165, 1.54) is 0 Å². The molecule has 0 bridgehead atoms. The Morgan fingerprint density at radius 3 is 2.92 bits per heavy atom. The molecule has 140 valence electrons. The molecular weight excluding hydrogens is 330 g/mol. The molecule has 2 atom stereocenters. The van der Waals surface area contributed by atoms with Gasteiger partial charge in [-0.15, -0.1) is 0 Å². The maximum absolute atomic E-state index is 12.5. The number of urea groups is 1. The summed E-state index contributed by atoms with van der Waals surface area (Å²) in [5.74, 6) is 1.81. The minimum Gasteiger partial charge on any atom is -0.496 e. The van der Waals surface area contributed by atoms with Crippen LogP contribution in [0.3, 0.4) is 0 Å². The summed E-state index contributed by atoms with van der Waals surface area (Å²) in [5.41, 5.74) is 2.15. The van der Waals surface area contributed by atoms with Crippen molar-refractivity contribution < 1.29 is 13.9 Å². The first-order chi connectivity index (χ1) is 12.6. The van der Waals surface area contributed by atoms with Gasteiger partial charge in [0.2, 0.25) is 0 Å². The molecule has 0 aliphatic heterocycles. The first-order valence-electron chi connectivity index (χ1n) is 9.00. The SMILES string of the molecule is COc1ccccc1C(CNC(=O)NC1CCCc2occc21)N(C)C. The summed E-state index contributed by atoms with van der Waals surface area (Å²) < 4.78 is 11.0. The monoisotopic (exact) mass is 357 g/mol. The highest BCUT2D eigenvalue weighted by atomic mass is 16.5. The molecule has 6 nitrogen and oxygen atoms in total. The van der Waals surface area contributed by atoms with E-state index in [1.54, 1.807) is 13.4 Å². The molecule has 0 radical (unpaired) electrons. The average molecular weight is 357 g/mol. The largest absolute Gasteiger partial charge is 0.496 e. The van der Waals surface area contributed by atoms with Crippen molar-refractivity contribution in [2.24, 2.45) is 0 Å². The van der Waals surface area contributed by atoms with Gasteiger partial charge < -0.3 is 24.7 Å². The number of carbonyl (C=O) groups is 1. The molecule has 2 unspecified atom stereocenters. The van der Waals surface area contributed by atoms with Gasteiger partial charge in [-0.3, -0.25) is 0 Å². The zero-order valence-corrected chi connectivity index (χ0v) is 15.6. The van der Waals surface area contributed by atoms with Crippen molar-refractivity contribution in [1.29, 1.82) is 0 Å². The van der Waals surface area contributed by atoms with Crippen LogP contribution in [-0.2, 0) is 6.42 Å². The van der Waals surface area contributed by atoms with Crippen LogP contribution in [-0.4, -0.2) is 38.7 Å². The molecule has 2 N–H and O–H groups in total. The fourth-order valence-corrected chi connectivity index (χ4v) is 3.55. The number of likely N-dealkylation sites (N-methyl/N-ethyl adjacent to an activating group) is 1. The fraction of sp³-hybridized carbons (Fsp3) is 0.450. The summed E-state index contributed by atoms with van der Waals surface area (Å²) in [7, 11) is 5.66. The van der Waals surface area contributed by atoms with E-state index in [0.29, 0.717) is 6.54 Å². The summed E-state index contributed by atoms with van der Waals surface area (Å²) in [6.45, 7) is 0.490. The third-order valence-electron chi connectivity index (χ3n) is 4.93. The van der Waals surface area contributed by atoms with Gasteiger partial charge in [-0.25, -0.2) is 4.79 Å². The van der Waals surface area contributed by atoms with Crippen molar-refractivity contribution in [3.63, 3.8) is 0 Å². The third kappa shape index (κ3) is 4.02. The number of ether oxygens (including phenoxy) is 1. The molecule has 0 fully saturated rings. The number of hydrogen-bond acceptors (Lipinski definition) is 4. The number of nitrogens with one attached hydrogen (secondary N) is 2. The molecule has 1 heterocycles. The van der Waals surface area contributed by atoms with E-state index >= 15 is 0 Å². The van der Waals surface area contributed by atoms with Crippen LogP contribution < -0.4 is 15.4 Å². The highest BCUT2D eigenvalue weighted by Gasteiger charge is 2.25. The van der Waals surface area contributed by atoms with Gasteiger partial charge in [0, 0.05) is 24.1 Å². The standard InChI is InChI=1S/C20H27N3O3/c1-23(2)17(15-7-4-5-9-18(15)25-3)13-21-20(24)22-16-8-6-10-19-14(16)11-12-26-19/h4-5,7,9,11-12,16-17H,6,8,10,13H2,1-3H3,(H2,21,22,24). The number of nitrogens with zero attached hydrogens (tertiary/aromatic N) is 1. The van der Waals surface area contributed by atoms with Crippen LogP contribution in [0.1, 0.15) is 41.8 Å². The number of para-hydroxylation sites is 1. The number of methoxy groups -OCH3 is 1. The number of carbonyl (C=O) groups excluding carboxylic acids is 1. The molecular formula is C20H27N3O3. The lowest BCUT2D eigenvalue weighted by Crippen LogP contribution is -2.42. The Labute approximate surface area is 154 Å². The van der Waals surface area contributed by atoms with Gasteiger partial charge in [0.15, 0.2) is 0 Å². The second-order valence-electron chi connectivity index (χ2n) is 6.82. The summed E-state index contributed by atoms with van der Waals surface area (Å²) >= 11 is 0. The fourth-order valence-electron chi connectivity index (χ4n) is 3.55. The summed E-state index contributed by atoms with van der Waals surface area (Å²) in [5, 5.41) is 6.08. The van der Waals surface area contributed by atoms with Gasteiger partial charge in [0.1, 0.15) is 11.5 Å². The first-order valence-corrected chi connectivity index (χ1v) is 9.00. The van der Waals surface area contributed by atoms with Crippen LogP contribution >= 0.6 is 0 Å². The van der Waals surface area contributed by atoms with Crippen molar-refractivity contribution in [3.8, 4) is 5.75 Å². The predicted octanol–water partition coefficient (Wildman–Crippen LogP) is 3.27. The molecule has 0 saturated carbocycles. The molecule has 1 aliphatic carbocycles. The van der Waals surface area contributed by atoms with E-state index in [0.717, 1.165) is 41.9 Å². The molecule has 0 saturated heterocycles. The molecule has 1 aromatic carbocycles. The van der Waals surface area contributed by atoms with Gasteiger partial charge in [-0.1, -0.05) is 18.2 Å². The maximum Gasteiger partial charge on any atom is 0.315 e. The topological polar surface area (TPSA) is 66.7 Å². The number of amides is 2. The third-order valence-corrected chi connectivity index (χ3v) is 4.93. The summed E-state index contributed by atoms with van der Waals surface area (Å²) in [4.78, 5) is 14.5. The van der Waals surface area contributed by atoms with Crippen LogP contribution in [0, 0.1) is 0 Å². The van der Waals surface area contributed by atoms with Crippen LogP contribution in [0.4, 0.5) is 4.79 Å². The van der Waals surface area contributed by atoms with Crippen molar-refractivity contribution in [2.75, 3.05) is 27.7 Å². The lowest BCUT2D eigenvalue weighted by atomic mass is 9.93. The molecule has 2 amide bonds. The molecule has 26 heavy (non-hydrogen) atoms. The van der Waals surface area contributed by atoms with Crippen molar-refractivity contribution in [3.05, 3.63) is 53.5 Å². The van der Waals surface area contributed by atoms with Gasteiger partial charge in [-0.2, -0.15) is 0 Å². The van der Waals surface area contributed by atoms with E-state index in [-0.39, 0.29) is 18.1 Å². The Morgan fingerprint density at radius 2 is 2.15 bits per heavy atom. The van der Waals surface area contributed by atoms with Crippen molar-refractivity contribution in [1.82, 2.24) is 15.5 Å².